The highest BCUT2D eigenvalue weighted by atomic mass is 16.7. The predicted molar refractivity (Wildman–Crippen MR) is 103 cm³/mol. The van der Waals surface area contributed by atoms with Gasteiger partial charge in [-0.3, -0.25) is 0 Å². The first-order valence-electron chi connectivity index (χ1n) is 9.70. The van der Waals surface area contributed by atoms with Crippen LogP contribution in [0.2, 0.25) is 0 Å². The van der Waals surface area contributed by atoms with Crippen LogP contribution in [0.3, 0.4) is 0 Å². The van der Waals surface area contributed by atoms with E-state index in [0.717, 1.165) is 31.4 Å². The number of hydrogen-bond acceptors (Lipinski definition) is 2. The van der Waals surface area contributed by atoms with E-state index < -0.39 is 0 Å². The first kappa shape index (κ1) is 18.0. The summed E-state index contributed by atoms with van der Waals surface area (Å²) in [6.07, 6.45) is 6.90. The molecule has 2 aromatic carbocycles. The van der Waals surface area contributed by atoms with E-state index in [1.165, 1.54) is 24.0 Å². The molecule has 25 heavy (non-hydrogen) atoms. The summed E-state index contributed by atoms with van der Waals surface area (Å²) in [6, 6.07) is 19.0. The molecule has 2 unspecified atom stereocenters. The molecule has 0 radical (unpaired) electrons. The average Bonchev–Trinajstić information content (AvgIpc) is 3.15. The van der Waals surface area contributed by atoms with Crippen LogP contribution in [0.15, 0.2) is 54.6 Å². The van der Waals surface area contributed by atoms with Crippen molar-refractivity contribution in [2.24, 2.45) is 0 Å². The Bertz CT molecular complexity index is 614. The van der Waals surface area contributed by atoms with Gasteiger partial charge in [0.2, 0.25) is 6.29 Å². The lowest BCUT2D eigenvalue weighted by Gasteiger charge is -2.23. The van der Waals surface area contributed by atoms with Gasteiger partial charge in [-0.2, -0.15) is 0 Å². The second-order valence-electron chi connectivity index (χ2n) is 7.16. The van der Waals surface area contributed by atoms with Crippen molar-refractivity contribution in [3.05, 3.63) is 65.7 Å². The SMILES string of the molecule is CCC(C)c1ccc(OC(Cc2ccccc2)OC2CCCC2)cc1. The third kappa shape index (κ3) is 5.34. The van der Waals surface area contributed by atoms with Gasteiger partial charge >= 0.3 is 0 Å². The highest BCUT2D eigenvalue weighted by Gasteiger charge is 2.22. The van der Waals surface area contributed by atoms with E-state index in [4.69, 9.17) is 9.47 Å². The predicted octanol–water partition coefficient (Wildman–Crippen LogP) is 6.11. The van der Waals surface area contributed by atoms with Gasteiger partial charge in [0.25, 0.3) is 0 Å². The Balaban J connectivity index is 1.67. The van der Waals surface area contributed by atoms with Gasteiger partial charge in [0, 0.05) is 6.42 Å². The second kappa shape index (κ2) is 9.05. The standard InChI is InChI=1S/C23H30O2/c1-3-18(2)20-13-15-22(16-14-20)25-23(24-21-11-7-8-12-21)17-19-9-5-4-6-10-19/h4-6,9-10,13-16,18,21,23H,3,7-8,11-12,17H2,1-2H3. The van der Waals surface area contributed by atoms with Gasteiger partial charge in [0.05, 0.1) is 6.10 Å². The Morgan fingerprint density at radius 2 is 1.64 bits per heavy atom. The largest absolute Gasteiger partial charge is 0.465 e. The Hall–Kier alpha value is -1.80. The van der Waals surface area contributed by atoms with Crippen LogP contribution in [0.4, 0.5) is 0 Å². The summed E-state index contributed by atoms with van der Waals surface area (Å²) in [5.74, 6) is 1.48. The van der Waals surface area contributed by atoms with Crippen LogP contribution < -0.4 is 4.74 Å². The van der Waals surface area contributed by atoms with E-state index in [-0.39, 0.29) is 6.29 Å². The minimum atomic E-state index is -0.222. The number of benzene rings is 2. The molecular weight excluding hydrogens is 308 g/mol. The molecule has 0 amide bonds. The molecule has 0 aliphatic heterocycles. The molecule has 2 nitrogen and oxygen atoms in total. The Morgan fingerprint density at radius 1 is 0.960 bits per heavy atom. The van der Waals surface area contributed by atoms with E-state index in [1.54, 1.807) is 0 Å². The van der Waals surface area contributed by atoms with Crippen molar-refractivity contribution in [1.82, 2.24) is 0 Å². The van der Waals surface area contributed by atoms with Crippen LogP contribution in [-0.4, -0.2) is 12.4 Å². The summed E-state index contributed by atoms with van der Waals surface area (Å²) >= 11 is 0. The lowest BCUT2D eigenvalue weighted by atomic mass is 9.99. The van der Waals surface area contributed by atoms with Gasteiger partial charge in [-0.15, -0.1) is 0 Å². The topological polar surface area (TPSA) is 18.5 Å². The smallest absolute Gasteiger partial charge is 0.204 e. The molecule has 0 heterocycles. The monoisotopic (exact) mass is 338 g/mol. The summed E-state index contributed by atoms with van der Waals surface area (Å²) in [6.45, 7) is 4.48. The highest BCUT2D eigenvalue weighted by molar-refractivity contribution is 5.29. The van der Waals surface area contributed by atoms with Crippen molar-refractivity contribution in [3.8, 4) is 5.75 Å². The molecule has 2 heteroatoms. The summed E-state index contributed by atoms with van der Waals surface area (Å²) in [5.41, 5.74) is 2.62. The van der Waals surface area contributed by atoms with Gasteiger partial charge in [0.1, 0.15) is 5.75 Å². The van der Waals surface area contributed by atoms with Crippen LogP contribution in [-0.2, 0) is 11.2 Å². The zero-order valence-corrected chi connectivity index (χ0v) is 15.5. The fraction of sp³-hybridized carbons (Fsp3) is 0.478. The first-order valence-corrected chi connectivity index (χ1v) is 9.70. The molecule has 0 N–H and O–H groups in total. The molecule has 134 valence electrons. The molecule has 1 aliphatic carbocycles. The van der Waals surface area contributed by atoms with E-state index >= 15 is 0 Å². The zero-order valence-electron chi connectivity index (χ0n) is 15.5. The summed E-state index contributed by atoms with van der Waals surface area (Å²) < 4.78 is 12.5. The van der Waals surface area contributed by atoms with Crippen LogP contribution in [0.25, 0.3) is 0 Å². The first-order chi connectivity index (χ1) is 12.2. The third-order valence-corrected chi connectivity index (χ3v) is 5.22. The number of rotatable bonds is 8. The maximum Gasteiger partial charge on any atom is 0.204 e. The van der Waals surface area contributed by atoms with E-state index in [9.17, 15) is 0 Å². The normalized spacial score (nSPS) is 17.4. The fourth-order valence-electron chi connectivity index (χ4n) is 3.43. The van der Waals surface area contributed by atoms with E-state index in [0.29, 0.717) is 12.0 Å². The minimum Gasteiger partial charge on any atom is -0.465 e. The van der Waals surface area contributed by atoms with Crippen molar-refractivity contribution in [2.45, 2.75) is 70.7 Å². The lowest BCUT2D eigenvalue weighted by molar-refractivity contribution is -0.115. The number of hydrogen-bond donors (Lipinski definition) is 0. The van der Waals surface area contributed by atoms with Crippen LogP contribution in [0.5, 0.6) is 5.75 Å². The summed E-state index contributed by atoms with van der Waals surface area (Å²) in [7, 11) is 0. The van der Waals surface area contributed by atoms with Gasteiger partial charge < -0.3 is 9.47 Å². The van der Waals surface area contributed by atoms with Gasteiger partial charge in [-0.1, -0.05) is 69.2 Å². The van der Waals surface area contributed by atoms with Crippen molar-refractivity contribution in [1.29, 1.82) is 0 Å². The molecule has 1 saturated carbocycles. The van der Waals surface area contributed by atoms with Crippen LogP contribution in [0.1, 0.15) is 63.0 Å². The van der Waals surface area contributed by atoms with Crippen LogP contribution in [0, 0.1) is 0 Å². The van der Waals surface area contributed by atoms with Crippen molar-refractivity contribution >= 4 is 0 Å². The quantitative estimate of drug-likeness (QED) is 0.541. The summed E-state index contributed by atoms with van der Waals surface area (Å²) in [5, 5.41) is 0. The molecule has 0 saturated heterocycles. The van der Waals surface area contributed by atoms with Gasteiger partial charge in [-0.05, 0) is 48.4 Å². The highest BCUT2D eigenvalue weighted by Crippen LogP contribution is 2.26. The minimum absolute atomic E-state index is 0.222. The van der Waals surface area contributed by atoms with Crippen molar-refractivity contribution in [3.63, 3.8) is 0 Å². The summed E-state index contributed by atoms with van der Waals surface area (Å²) in [4.78, 5) is 0. The van der Waals surface area contributed by atoms with E-state index in [1.807, 2.05) is 6.07 Å². The molecular formula is C23H30O2. The maximum absolute atomic E-state index is 6.30. The van der Waals surface area contributed by atoms with Gasteiger partial charge in [0.15, 0.2) is 0 Å². The molecule has 0 bridgehead atoms. The molecule has 2 aromatic rings. The molecule has 1 aliphatic rings. The fourth-order valence-corrected chi connectivity index (χ4v) is 3.43. The third-order valence-electron chi connectivity index (χ3n) is 5.22. The maximum atomic E-state index is 6.30. The number of ether oxygens (including phenoxy) is 2. The zero-order chi connectivity index (χ0) is 17.5. The lowest BCUT2D eigenvalue weighted by Crippen LogP contribution is -2.28. The molecule has 3 rings (SSSR count). The average molecular weight is 338 g/mol. The van der Waals surface area contributed by atoms with Gasteiger partial charge in [-0.25, -0.2) is 0 Å². The van der Waals surface area contributed by atoms with Crippen molar-refractivity contribution in [2.75, 3.05) is 0 Å². The molecule has 1 fully saturated rings. The Labute approximate surface area is 152 Å². The van der Waals surface area contributed by atoms with E-state index in [2.05, 4.69) is 62.4 Å². The molecule has 2 atom stereocenters. The second-order valence-corrected chi connectivity index (χ2v) is 7.16. The Kier molecular flexibility index (Phi) is 6.52. The Morgan fingerprint density at radius 3 is 2.28 bits per heavy atom. The van der Waals surface area contributed by atoms with Crippen molar-refractivity contribution < 1.29 is 9.47 Å². The van der Waals surface area contributed by atoms with Crippen LogP contribution >= 0.6 is 0 Å². The molecule has 0 aromatic heterocycles. The molecule has 0 spiro atoms.